The van der Waals surface area contributed by atoms with Crippen molar-refractivity contribution in [2.45, 2.75) is 25.3 Å². The maximum atomic E-state index is 11.8. The molecule has 124 valence electrons. The summed E-state index contributed by atoms with van der Waals surface area (Å²) in [5.74, 6) is 1.16. The van der Waals surface area contributed by atoms with E-state index in [0.717, 1.165) is 55.0 Å². The average Bonchev–Trinajstić information content (AvgIpc) is 3.03. The number of hydrogen-bond donors (Lipinski definition) is 0. The smallest absolute Gasteiger partial charge is 0.250 e. The van der Waals surface area contributed by atoms with E-state index in [-0.39, 0.29) is 5.56 Å². The number of rotatable bonds is 3. The molecule has 0 amide bonds. The molecule has 5 nitrogen and oxygen atoms in total. The molecule has 0 radical (unpaired) electrons. The Morgan fingerprint density at radius 3 is 3.00 bits per heavy atom. The van der Waals surface area contributed by atoms with Crippen molar-refractivity contribution in [2.24, 2.45) is 7.05 Å². The van der Waals surface area contributed by atoms with Crippen LogP contribution in [0.2, 0.25) is 0 Å². The van der Waals surface area contributed by atoms with Gasteiger partial charge in [-0.2, -0.15) is 0 Å². The van der Waals surface area contributed by atoms with Crippen molar-refractivity contribution in [3.05, 3.63) is 64.4 Å². The first-order chi connectivity index (χ1) is 11.7. The SMILES string of the molecule is Cn1ccc(CN2CCC[C@H](c3nc4ccccc4o3)C2)cc1=O. The van der Waals surface area contributed by atoms with Gasteiger partial charge in [-0.1, -0.05) is 12.1 Å². The molecule has 1 atom stereocenters. The fourth-order valence-electron chi connectivity index (χ4n) is 3.41. The largest absolute Gasteiger partial charge is 0.440 e. The zero-order valence-corrected chi connectivity index (χ0v) is 13.8. The molecular weight excluding hydrogens is 302 g/mol. The molecule has 1 aromatic carbocycles. The quantitative estimate of drug-likeness (QED) is 0.744. The van der Waals surface area contributed by atoms with E-state index in [1.165, 1.54) is 0 Å². The maximum absolute atomic E-state index is 11.8. The summed E-state index contributed by atoms with van der Waals surface area (Å²) in [5.41, 5.74) is 2.89. The third kappa shape index (κ3) is 2.99. The fourth-order valence-corrected chi connectivity index (χ4v) is 3.41. The van der Waals surface area contributed by atoms with Crippen LogP contribution >= 0.6 is 0 Å². The van der Waals surface area contributed by atoms with Crippen LogP contribution in [0.1, 0.15) is 30.2 Å². The van der Waals surface area contributed by atoms with Crippen LogP contribution in [0.5, 0.6) is 0 Å². The number of aromatic nitrogens is 2. The minimum atomic E-state index is 0.0417. The average molecular weight is 323 g/mol. The van der Waals surface area contributed by atoms with Crippen molar-refractivity contribution in [1.82, 2.24) is 14.5 Å². The van der Waals surface area contributed by atoms with Gasteiger partial charge in [0.05, 0.1) is 0 Å². The molecular formula is C19H21N3O2. The lowest BCUT2D eigenvalue weighted by atomic mass is 9.97. The molecule has 0 N–H and O–H groups in total. The number of benzene rings is 1. The van der Waals surface area contributed by atoms with Crippen molar-refractivity contribution in [3.8, 4) is 0 Å². The van der Waals surface area contributed by atoms with E-state index in [9.17, 15) is 4.79 Å². The molecule has 1 aliphatic rings. The lowest BCUT2D eigenvalue weighted by Gasteiger charge is -2.31. The van der Waals surface area contributed by atoms with Gasteiger partial charge in [-0.05, 0) is 43.1 Å². The van der Waals surface area contributed by atoms with Gasteiger partial charge >= 0.3 is 0 Å². The summed E-state index contributed by atoms with van der Waals surface area (Å²) >= 11 is 0. The Bertz CT molecular complexity index is 879. The molecule has 5 heteroatoms. The number of oxazole rings is 1. The van der Waals surface area contributed by atoms with Crippen molar-refractivity contribution in [1.29, 1.82) is 0 Å². The molecule has 1 fully saturated rings. The van der Waals surface area contributed by atoms with Crippen LogP contribution in [0.15, 0.2) is 51.8 Å². The zero-order valence-electron chi connectivity index (χ0n) is 13.8. The molecule has 0 aliphatic carbocycles. The highest BCUT2D eigenvalue weighted by molar-refractivity contribution is 5.72. The van der Waals surface area contributed by atoms with Gasteiger partial charge in [0.15, 0.2) is 11.5 Å². The number of likely N-dealkylation sites (tertiary alicyclic amines) is 1. The summed E-state index contributed by atoms with van der Waals surface area (Å²) in [6.07, 6.45) is 4.05. The summed E-state index contributed by atoms with van der Waals surface area (Å²) in [6, 6.07) is 11.7. The third-order valence-electron chi connectivity index (χ3n) is 4.74. The zero-order chi connectivity index (χ0) is 16.5. The molecule has 0 saturated carbocycles. The van der Waals surface area contributed by atoms with E-state index in [0.29, 0.717) is 5.92 Å². The first-order valence-electron chi connectivity index (χ1n) is 8.42. The monoisotopic (exact) mass is 323 g/mol. The highest BCUT2D eigenvalue weighted by Crippen LogP contribution is 2.29. The van der Waals surface area contributed by atoms with Gasteiger partial charge in [0, 0.05) is 38.3 Å². The molecule has 2 aromatic heterocycles. The Hall–Kier alpha value is -2.40. The van der Waals surface area contributed by atoms with Crippen LogP contribution in [0, 0.1) is 0 Å². The number of fused-ring (bicyclic) bond motifs is 1. The molecule has 3 aromatic rings. The van der Waals surface area contributed by atoms with Crippen LogP contribution in [0.25, 0.3) is 11.1 Å². The van der Waals surface area contributed by atoms with Crippen LogP contribution in [0.3, 0.4) is 0 Å². The Morgan fingerprint density at radius 2 is 2.17 bits per heavy atom. The highest BCUT2D eigenvalue weighted by atomic mass is 16.3. The van der Waals surface area contributed by atoms with Crippen LogP contribution in [-0.4, -0.2) is 27.5 Å². The number of nitrogens with zero attached hydrogens (tertiary/aromatic N) is 3. The van der Waals surface area contributed by atoms with Gasteiger partial charge in [-0.3, -0.25) is 9.69 Å². The Balaban J connectivity index is 1.50. The van der Waals surface area contributed by atoms with Gasteiger partial charge < -0.3 is 8.98 Å². The number of pyridine rings is 1. The molecule has 3 heterocycles. The van der Waals surface area contributed by atoms with Crippen LogP contribution in [0.4, 0.5) is 0 Å². The van der Waals surface area contributed by atoms with Crippen LogP contribution < -0.4 is 5.56 Å². The molecule has 0 unspecified atom stereocenters. The van der Waals surface area contributed by atoms with Crippen molar-refractivity contribution in [2.75, 3.05) is 13.1 Å². The number of para-hydroxylation sites is 2. The standard InChI is InChI=1S/C19H21N3O2/c1-21-10-8-14(11-18(21)23)12-22-9-4-5-15(13-22)19-20-16-6-2-3-7-17(16)24-19/h2-3,6-8,10-11,15H,4-5,9,12-13H2,1H3/t15-/m0/s1. The van der Waals surface area contributed by atoms with Crippen molar-refractivity contribution >= 4 is 11.1 Å². The fraction of sp³-hybridized carbons (Fsp3) is 0.368. The van der Waals surface area contributed by atoms with Crippen LogP contribution in [-0.2, 0) is 13.6 Å². The minimum Gasteiger partial charge on any atom is -0.440 e. The van der Waals surface area contributed by atoms with Gasteiger partial charge in [0.1, 0.15) is 5.52 Å². The highest BCUT2D eigenvalue weighted by Gasteiger charge is 2.25. The normalized spacial score (nSPS) is 19.0. The second kappa shape index (κ2) is 6.24. The second-order valence-corrected chi connectivity index (χ2v) is 6.58. The van der Waals surface area contributed by atoms with E-state index >= 15 is 0 Å². The van der Waals surface area contributed by atoms with Gasteiger partial charge in [-0.25, -0.2) is 4.98 Å². The van der Waals surface area contributed by atoms with Crippen molar-refractivity contribution < 1.29 is 4.42 Å². The Labute approximate surface area is 140 Å². The predicted octanol–water partition coefficient (Wildman–Crippen LogP) is 2.91. The molecule has 24 heavy (non-hydrogen) atoms. The lowest BCUT2D eigenvalue weighted by molar-refractivity contribution is 0.187. The van der Waals surface area contributed by atoms with Gasteiger partial charge in [0.2, 0.25) is 0 Å². The summed E-state index contributed by atoms with van der Waals surface area (Å²) in [4.78, 5) is 18.8. The number of hydrogen-bond acceptors (Lipinski definition) is 4. The third-order valence-corrected chi connectivity index (χ3v) is 4.74. The Morgan fingerprint density at radius 1 is 1.29 bits per heavy atom. The summed E-state index contributed by atoms with van der Waals surface area (Å²) in [6.45, 7) is 2.76. The summed E-state index contributed by atoms with van der Waals surface area (Å²) in [5, 5.41) is 0. The lowest BCUT2D eigenvalue weighted by Crippen LogP contribution is -2.34. The molecule has 1 saturated heterocycles. The predicted molar refractivity (Wildman–Crippen MR) is 92.9 cm³/mol. The molecule has 4 rings (SSSR count). The molecule has 1 aliphatic heterocycles. The summed E-state index contributed by atoms with van der Waals surface area (Å²) in [7, 11) is 1.77. The molecule has 0 bridgehead atoms. The van der Waals surface area contributed by atoms with Crippen molar-refractivity contribution in [3.63, 3.8) is 0 Å². The minimum absolute atomic E-state index is 0.0417. The maximum Gasteiger partial charge on any atom is 0.250 e. The van der Waals surface area contributed by atoms with E-state index < -0.39 is 0 Å². The number of aryl methyl sites for hydroxylation is 1. The van der Waals surface area contributed by atoms with Gasteiger partial charge in [0.25, 0.3) is 5.56 Å². The number of piperidine rings is 1. The first kappa shape index (κ1) is 15.1. The Kier molecular flexibility index (Phi) is 3.94. The topological polar surface area (TPSA) is 51.3 Å². The van der Waals surface area contributed by atoms with E-state index in [1.807, 2.05) is 36.5 Å². The van der Waals surface area contributed by atoms with E-state index in [4.69, 9.17) is 4.42 Å². The van der Waals surface area contributed by atoms with E-state index in [2.05, 4.69) is 9.88 Å². The second-order valence-electron chi connectivity index (χ2n) is 6.58. The molecule has 0 spiro atoms. The summed E-state index contributed by atoms with van der Waals surface area (Å²) < 4.78 is 7.55. The van der Waals surface area contributed by atoms with E-state index in [1.54, 1.807) is 17.7 Å². The van der Waals surface area contributed by atoms with Gasteiger partial charge in [-0.15, -0.1) is 0 Å². The first-order valence-corrected chi connectivity index (χ1v) is 8.42.